The molecule has 1 aliphatic rings. The summed E-state index contributed by atoms with van der Waals surface area (Å²) in [5, 5.41) is 5.82. The summed E-state index contributed by atoms with van der Waals surface area (Å²) in [4.78, 5) is 22.7. The highest BCUT2D eigenvalue weighted by Gasteiger charge is 2.30. The van der Waals surface area contributed by atoms with Crippen molar-refractivity contribution in [2.24, 2.45) is 0 Å². The zero-order valence-corrected chi connectivity index (χ0v) is 12.1. The van der Waals surface area contributed by atoms with Crippen LogP contribution in [0.2, 0.25) is 0 Å². The number of aromatic nitrogens is 2. The molecule has 0 aliphatic carbocycles. The van der Waals surface area contributed by atoms with Gasteiger partial charge in [0.15, 0.2) is 0 Å². The standard InChI is InChI=1S/C13H21N5O2/c1-9(2)16-12(19)10-8-20-7-6-18(10)11-4-5-15-13(14-3)17-11/h4-5,9-10H,6-8H2,1-3H3,(H,16,19)(H,14,15,17). The third-order valence-electron chi connectivity index (χ3n) is 3.02. The zero-order valence-electron chi connectivity index (χ0n) is 12.1. The number of hydrogen-bond acceptors (Lipinski definition) is 6. The molecule has 1 amide bonds. The number of hydrogen-bond donors (Lipinski definition) is 2. The van der Waals surface area contributed by atoms with Crippen molar-refractivity contribution >= 4 is 17.7 Å². The number of amides is 1. The molecule has 110 valence electrons. The Bertz CT molecular complexity index is 466. The van der Waals surface area contributed by atoms with E-state index in [0.717, 1.165) is 5.82 Å². The van der Waals surface area contributed by atoms with Crippen LogP contribution < -0.4 is 15.5 Å². The van der Waals surface area contributed by atoms with Gasteiger partial charge in [-0.1, -0.05) is 0 Å². The molecule has 20 heavy (non-hydrogen) atoms. The van der Waals surface area contributed by atoms with Gasteiger partial charge in [0.25, 0.3) is 0 Å². The summed E-state index contributed by atoms with van der Waals surface area (Å²) < 4.78 is 5.43. The second-order valence-electron chi connectivity index (χ2n) is 4.94. The van der Waals surface area contributed by atoms with Gasteiger partial charge in [-0.15, -0.1) is 0 Å². The van der Waals surface area contributed by atoms with Crippen molar-refractivity contribution in [2.75, 3.05) is 37.0 Å². The number of nitrogens with one attached hydrogen (secondary N) is 2. The van der Waals surface area contributed by atoms with Crippen LogP contribution in [0.4, 0.5) is 11.8 Å². The minimum absolute atomic E-state index is 0.0377. The van der Waals surface area contributed by atoms with Crippen molar-refractivity contribution in [3.63, 3.8) is 0 Å². The molecule has 1 atom stereocenters. The molecule has 1 aromatic heterocycles. The molecule has 7 heteroatoms. The lowest BCUT2D eigenvalue weighted by Gasteiger charge is -2.35. The van der Waals surface area contributed by atoms with Crippen LogP contribution >= 0.6 is 0 Å². The van der Waals surface area contributed by atoms with E-state index in [-0.39, 0.29) is 18.0 Å². The molecule has 7 nitrogen and oxygen atoms in total. The molecular weight excluding hydrogens is 258 g/mol. The third kappa shape index (κ3) is 3.36. The van der Waals surface area contributed by atoms with Gasteiger partial charge in [0.05, 0.1) is 13.2 Å². The Labute approximate surface area is 118 Å². The summed E-state index contributed by atoms with van der Waals surface area (Å²) in [7, 11) is 1.77. The number of carbonyl (C=O) groups is 1. The minimum Gasteiger partial charge on any atom is -0.377 e. The molecule has 1 fully saturated rings. The molecule has 2 N–H and O–H groups in total. The van der Waals surface area contributed by atoms with Gasteiger partial charge >= 0.3 is 0 Å². The van der Waals surface area contributed by atoms with E-state index < -0.39 is 0 Å². The van der Waals surface area contributed by atoms with Crippen molar-refractivity contribution in [3.8, 4) is 0 Å². The molecule has 1 aromatic rings. The van der Waals surface area contributed by atoms with Crippen LogP contribution in [-0.2, 0) is 9.53 Å². The molecule has 0 bridgehead atoms. The number of nitrogens with zero attached hydrogens (tertiary/aromatic N) is 3. The summed E-state index contributed by atoms with van der Waals surface area (Å²) in [5.41, 5.74) is 0. The van der Waals surface area contributed by atoms with Gasteiger partial charge in [0, 0.05) is 25.8 Å². The van der Waals surface area contributed by atoms with E-state index in [1.165, 1.54) is 0 Å². The summed E-state index contributed by atoms with van der Waals surface area (Å²) in [6.07, 6.45) is 1.68. The summed E-state index contributed by atoms with van der Waals surface area (Å²) in [6.45, 7) is 5.48. The number of carbonyl (C=O) groups excluding carboxylic acids is 1. The molecule has 0 radical (unpaired) electrons. The summed E-state index contributed by atoms with van der Waals surface area (Å²) in [5.74, 6) is 1.23. The summed E-state index contributed by atoms with van der Waals surface area (Å²) >= 11 is 0. The fraction of sp³-hybridized carbons (Fsp3) is 0.615. The summed E-state index contributed by atoms with van der Waals surface area (Å²) in [6, 6.07) is 1.55. The van der Waals surface area contributed by atoms with Gasteiger partial charge < -0.3 is 20.3 Å². The highest BCUT2D eigenvalue weighted by molar-refractivity contribution is 5.85. The van der Waals surface area contributed by atoms with E-state index in [1.807, 2.05) is 24.8 Å². The van der Waals surface area contributed by atoms with Gasteiger partial charge in [0.2, 0.25) is 11.9 Å². The predicted molar refractivity (Wildman–Crippen MR) is 76.8 cm³/mol. The average molecular weight is 279 g/mol. The molecule has 1 saturated heterocycles. The largest absolute Gasteiger partial charge is 0.377 e. The minimum atomic E-state index is -0.356. The first-order valence-electron chi connectivity index (χ1n) is 6.77. The topological polar surface area (TPSA) is 79.4 Å². The molecule has 1 unspecified atom stereocenters. The van der Waals surface area contributed by atoms with Crippen molar-refractivity contribution < 1.29 is 9.53 Å². The Balaban J connectivity index is 2.19. The first-order valence-corrected chi connectivity index (χ1v) is 6.77. The Morgan fingerprint density at radius 3 is 3.05 bits per heavy atom. The SMILES string of the molecule is CNc1nccc(N2CCOCC2C(=O)NC(C)C)n1. The number of morpholine rings is 1. The lowest BCUT2D eigenvalue weighted by atomic mass is 10.2. The lowest BCUT2D eigenvalue weighted by Crippen LogP contribution is -2.55. The van der Waals surface area contributed by atoms with Gasteiger partial charge in [-0.2, -0.15) is 4.98 Å². The third-order valence-corrected chi connectivity index (χ3v) is 3.02. The molecular formula is C13H21N5O2. The molecule has 2 heterocycles. The highest BCUT2D eigenvalue weighted by atomic mass is 16.5. The number of anilines is 2. The van der Waals surface area contributed by atoms with E-state index in [9.17, 15) is 4.79 Å². The fourth-order valence-corrected chi connectivity index (χ4v) is 2.11. The van der Waals surface area contributed by atoms with Crippen molar-refractivity contribution in [3.05, 3.63) is 12.3 Å². The molecule has 0 saturated carbocycles. The van der Waals surface area contributed by atoms with Crippen LogP contribution in [-0.4, -0.2) is 54.8 Å². The number of ether oxygens (including phenoxy) is 1. The Morgan fingerprint density at radius 2 is 2.35 bits per heavy atom. The average Bonchev–Trinajstić information content (AvgIpc) is 2.46. The van der Waals surface area contributed by atoms with E-state index in [4.69, 9.17) is 4.74 Å². The van der Waals surface area contributed by atoms with Gasteiger partial charge in [0.1, 0.15) is 11.9 Å². The van der Waals surface area contributed by atoms with Crippen molar-refractivity contribution in [1.82, 2.24) is 15.3 Å². The highest BCUT2D eigenvalue weighted by Crippen LogP contribution is 2.18. The van der Waals surface area contributed by atoms with Crippen LogP contribution in [0.3, 0.4) is 0 Å². The van der Waals surface area contributed by atoms with E-state index in [1.54, 1.807) is 13.2 Å². The van der Waals surface area contributed by atoms with Gasteiger partial charge in [-0.25, -0.2) is 4.98 Å². The fourth-order valence-electron chi connectivity index (χ4n) is 2.11. The first-order chi connectivity index (χ1) is 9.61. The van der Waals surface area contributed by atoms with Gasteiger partial charge in [-0.05, 0) is 19.9 Å². The monoisotopic (exact) mass is 279 g/mol. The van der Waals surface area contributed by atoms with Gasteiger partial charge in [-0.3, -0.25) is 4.79 Å². The quantitative estimate of drug-likeness (QED) is 0.822. The van der Waals surface area contributed by atoms with Crippen LogP contribution in [0.25, 0.3) is 0 Å². The van der Waals surface area contributed by atoms with Crippen molar-refractivity contribution in [2.45, 2.75) is 25.9 Å². The number of rotatable bonds is 4. The zero-order chi connectivity index (χ0) is 14.5. The predicted octanol–water partition coefficient (Wildman–Crippen LogP) is 0.248. The molecule has 1 aliphatic heterocycles. The maximum absolute atomic E-state index is 12.3. The van der Waals surface area contributed by atoms with Crippen LogP contribution in [0, 0.1) is 0 Å². The normalized spacial score (nSPS) is 19.0. The molecule has 0 spiro atoms. The smallest absolute Gasteiger partial charge is 0.245 e. The van der Waals surface area contributed by atoms with Crippen LogP contribution in [0.15, 0.2) is 12.3 Å². The maximum atomic E-state index is 12.3. The Hall–Kier alpha value is -1.89. The second-order valence-corrected chi connectivity index (χ2v) is 4.94. The lowest BCUT2D eigenvalue weighted by molar-refractivity contribution is -0.125. The first kappa shape index (κ1) is 14.5. The molecule has 2 rings (SSSR count). The van der Waals surface area contributed by atoms with E-state index in [0.29, 0.717) is 25.7 Å². The second kappa shape index (κ2) is 6.51. The van der Waals surface area contributed by atoms with Crippen molar-refractivity contribution in [1.29, 1.82) is 0 Å². The van der Waals surface area contributed by atoms with Crippen LogP contribution in [0.5, 0.6) is 0 Å². The molecule has 0 aromatic carbocycles. The van der Waals surface area contributed by atoms with E-state index >= 15 is 0 Å². The Morgan fingerprint density at radius 1 is 1.55 bits per heavy atom. The maximum Gasteiger partial charge on any atom is 0.245 e. The van der Waals surface area contributed by atoms with E-state index in [2.05, 4.69) is 20.6 Å². The Kier molecular flexibility index (Phi) is 4.73. The van der Waals surface area contributed by atoms with Crippen LogP contribution in [0.1, 0.15) is 13.8 Å².